The molecule has 0 atom stereocenters. The van der Waals surface area contributed by atoms with Gasteiger partial charge in [-0.2, -0.15) is 42.7 Å². The first-order chi connectivity index (χ1) is 14.2. The zero-order chi connectivity index (χ0) is 23.9. The molecule has 0 aliphatic rings. The van der Waals surface area contributed by atoms with Gasteiger partial charge in [0.05, 0.1) is 0 Å². The van der Waals surface area contributed by atoms with Crippen LogP contribution >= 0.6 is 0 Å². The Morgan fingerprint density at radius 1 is 0.545 bits per heavy atom. The molecule has 0 aromatic carbocycles. The van der Waals surface area contributed by atoms with E-state index in [0.29, 0.717) is 0 Å². The summed E-state index contributed by atoms with van der Waals surface area (Å²) in [4.78, 5) is 40.2. The van der Waals surface area contributed by atoms with Crippen LogP contribution in [0.25, 0.3) is 0 Å². The van der Waals surface area contributed by atoms with E-state index in [-0.39, 0.29) is 18.0 Å². The van der Waals surface area contributed by atoms with Crippen LogP contribution in [0.15, 0.2) is 38.0 Å². The molecule has 1 heterocycles. The van der Waals surface area contributed by atoms with E-state index in [0.717, 1.165) is 18.2 Å². The zero-order valence-corrected chi connectivity index (χ0v) is 37.4. The quantitative estimate of drug-likeness (QED) is 0.178. The van der Waals surface area contributed by atoms with Crippen molar-refractivity contribution < 1.29 is 42.8 Å². The number of ether oxygens (including phenoxy) is 6. The molecule has 15 heteroatoms. The third kappa shape index (κ3) is 25.0. The summed E-state index contributed by atoms with van der Waals surface area (Å²) in [6.07, 6.45) is 3.15. The number of nitrogens with zero attached hydrogens (tertiary/aromatic N) is 3. The molecule has 33 heavy (non-hydrogen) atoms. The molecule has 1 rings (SSSR count). The Hall–Kier alpha value is -6.96. The van der Waals surface area contributed by atoms with E-state index < -0.39 is 17.9 Å². The van der Waals surface area contributed by atoms with Gasteiger partial charge in [0.1, 0.15) is 0 Å². The van der Waals surface area contributed by atoms with E-state index in [1.165, 1.54) is 0 Å². The third-order valence-electron chi connectivity index (χ3n) is 1.89. The van der Waals surface area contributed by atoms with E-state index in [1.54, 1.807) is 0 Å². The predicted octanol–water partition coefficient (Wildman–Crippen LogP) is 1.90. The monoisotopic (exact) mass is 1220 g/mol. The van der Waals surface area contributed by atoms with Crippen LogP contribution in [-0.4, -0.2) is 32.9 Å². The number of rotatable bonds is 6. The second kappa shape index (κ2) is 27.3. The second-order valence-corrected chi connectivity index (χ2v) is 3.62. The Labute approximate surface area is 175 Å². The van der Waals surface area contributed by atoms with Crippen molar-refractivity contribution in [3.8, 4) is 18.0 Å². The van der Waals surface area contributed by atoms with Crippen molar-refractivity contribution in [1.82, 2.24) is 15.0 Å². The van der Waals surface area contributed by atoms with Crippen molar-refractivity contribution in [3.05, 3.63) is 80.6 Å². The Bertz CT molecular complexity index is 591. The number of hydrogen-bond donors (Lipinski definition) is 0. The number of esters is 3. The number of hydrogen-bond acceptors (Lipinski definition) is 12. The van der Waals surface area contributed by atoms with E-state index in [4.69, 9.17) is 0 Å². The molecule has 0 radical (unpaired) electrons. The number of carbonyl (C=O) groups is 3. The largest absolute Gasteiger partial charge is 0.638 e. The first-order valence-corrected chi connectivity index (χ1v) is 7.00. The van der Waals surface area contributed by atoms with Gasteiger partial charge < -0.3 is 28.4 Å². The summed E-state index contributed by atoms with van der Waals surface area (Å²) in [5.74, 6) is -1.51. The fraction of sp³-hybridized carbons (Fsp3) is 0. The maximum atomic E-state index is 9.78. The van der Waals surface area contributed by atoms with E-state index >= 15 is 0 Å². The first-order valence-electron chi connectivity index (χ1n) is 7.00. The SMILES string of the molecule is C=CC(=O)O[CH2-].C=CC(=O)O[CH2-].C=CC(=O)O[CH2-].[CH2-]Oc1nc(O[CH2-])nc(O[CH2-])n1.[Rf].[Rf].[Rf]. The summed E-state index contributed by atoms with van der Waals surface area (Å²) in [6.45, 7) is 9.35. The minimum Gasteiger partial charge on any atom is -0.638 e. The molecule has 0 unspecified atom stereocenters. The molecule has 0 saturated carbocycles. The van der Waals surface area contributed by atoms with Crippen molar-refractivity contribution >= 4 is 17.9 Å². The molecule has 0 bridgehead atoms. The van der Waals surface area contributed by atoms with E-state index in [9.17, 15) is 14.4 Å². The van der Waals surface area contributed by atoms with Gasteiger partial charge >= 0.3 is 0 Å². The van der Waals surface area contributed by atoms with Crippen LogP contribution in [0.4, 0.5) is 0 Å². The van der Waals surface area contributed by atoms with Crippen molar-refractivity contribution in [3.63, 3.8) is 0 Å². The van der Waals surface area contributed by atoms with Gasteiger partial charge in [0.15, 0.2) is 0 Å². The molecule has 1 aromatic rings. The van der Waals surface area contributed by atoms with Gasteiger partial charge in [-0.05, 0) is 0 Å². The Kier molecular flexibility index (Phi) is 33.6. The topological polar surface area (TPSA) is 145 Å². The van der Waals surface area contributed by atoms with Gasteiger partial charge in [-0.3, -0.25) is 0 Å². The summed E-state index contributed by atoms with van der Waals surface area (Å²) in [5, 5.41) is 0. The fourth-order valence-corrected chi connectivity index (χ4v) is 0.691. The normalized spacial score (nSPS) is 7.09. The van der Waals surface area contributed by atoms with E-state index in [2.05, 4.69) is 106 Å². The van der Waals surface area contributed by atoms with Crippen molar-refractivity contribution in [2.75, 3.05) is 0 Å². The molecule has 0 aliphatic carbocycles. The predicted molar refractivity (Wildman–Crippen MR) is 103 cm³/mol. The molecule has 1 aromatic heterocycles. The molecule has 0 saturated heterocycles. The van der Waals surface area contributed by atoms with Gasteiger partial charge in [-0.15, -0.1) is 15.0 Å². The maximum absolute atomic E-state index is 9.78. The first kappa shape index (κ1) is 40.7. The molecule has 12 nitrogen and oxygen atoms in total. The van der Waals surface area contributed by atoms with E-state index in [1.807, 2.05) is 0 Å². The molecule has 0 spiro atoms. The van der Waals surface area contributed by atoms with Crippen LogP contribution in [0, 0.1) is 42.7 Å². The fourth-order valence-electron chi connectivity index (χ4n) is 0.691. The molecule has 0 amide bonds. The summed E-state index contributed by atoms with van der Waals surface area (Å²) >= 11 is 0. The van der Waals surface area contributed by atoms with Crippen LogP contribution in [0.2, 0.25) is 0 Å². The van der Waals surface area contributed by atoms with Gasteiger partial charge in [-0.1, -0.05) is 19.7 Å². The molecular formula is C18H21N3O9Rf3-6. The van der Waals surface area contributed by atoms with Gasteiger partial charge in [0.2, 0.25) is 0 Å². The Morgan fingerprint density at radius 3 is 0.788 bits per heavy atom. The van der Waals surface area contributed by atoms with Gasteiger partial charge in [-0.25, -0.2) is 14.4 Å². The molecule has 0 aliphatic heterocycles. The molecule has 0 N–H and O–H groups in total. The third-order valence-corrected chi connectivity index (χ3v) is 1.89. The molecular weight excluding hydrogens is 1200 g/mol. The minimum absolute atomic E-state index is 0. The van der Waals surface area contributed by atoms with Crippen molar-refractivity contribution in [2.45, 2.75) is 0 Å². The van der Waals surface area contributed by atoms with Crippen molar-refractivity contribution in [1.29, 1.82) is 0 Å². The van der Waals surface area contributed by atoms with Crippen LogP contribution in [-0.2, 0) is 28.6 Å². The molecule has 0 fully saturated rings. The van der Waals surface area contributed by atoms with Crippen LogP contribution in [0.3, 0.4) is 0 Å². The average Bonchev–Trinajstić information content (AvgIpc) is 2.82. The summed E-state index contributed by atoms with van der Waals surface area (Å²) in [6, 6.07) is -0.0769. The standard InChI is InChI=1S/C6H6N3O3.3C4H5O2.3Rf/c1-10-4-7-5(11-2)9-6(8-4)12-3;3*1-3-4(5)6-2;;;/h1-3H2;3*3H,1-2H2;;;/q-3;3*-1;;;. The van der Waals surface area contributed by atoms with Crippen LogP contribution in [0.5, 0.6) is 18.0 Å². The van der Waals surface area contributed by atoms with Crippen LogP contribution in [0.1, 0.15) is 0 Å². The Morgan fingerprint density at radius 2 is 0.727 bits per heavy atom. The summed E-state index contributed by atoms with van der Waals surface area (Å²) in [5.41, 5.74) is 0. The summed E-state index contributed by atoms with van der Waals surface area (Å²) < 4.78 is 25.1. The van der Waals surface area contributed by atoms with Gasteiger partial charge in [0.25, 0.3) is 35.9 Å². The zero-order valence-electron chi connectivity index (χ0n) is 18.2. The maximum Gasteiger partial charge on any atom is 0.298 e. The Balaban J connectivity index is -0.0000000761. The minimum atomic E-state index is -0.505. The van der Waals surface area contributed by atoms with Crippen molar-refractivity contribution in [2.24, 2.45) is 0 Å². The smallest absolute Gasteiger partial charge is 0.298 e. The van der Waals surface area contributed by atoms with Crippen LogP contribution < -0.4 is 14.2 Å². The average molecular weight is 1220 g/mol. The second-order valence-electron chi connectivity index (χ2n) is 3.62. The number of aromatic nitrogens is 3. The van der Waals surface area contributed by atoms with Gasteiger partial charge in [0, 0.05) is 18.2 Å². The number of carbonyl (C=O) groups excluding carboxylic acids is 3. The summed E-state index contributed by atoms with van der Waals surface area (Å²) in [7, 11) is 17.8. The molecule has 174 valence electrons.